The second-order valence-electron chi connectivity index (χ2n) is 6.82. The summed E-state index contributed by atoms with van der Waals surface area (Å²) in [5, 5.41) is 25.3. The Labute approximate surface area is 145 Å². The Morgan fingerprint density at radius 1 is 1.08 bits per heavy atom. The van der Waals surface area contributed by atoms with Crippen molar-refractivity contribution >= 4 is 11.5 Å². The predicted octanol–water partition coefficient (Wildman–Crippen LogP) is 4.78. The van der Waals surface area contributed by atoms with E-state index >= 15 is 0 Å². The Hall–Kier alpha value is -2.87. The van der Waals surface area contributed by atoms with E-state index in [9.17, 15) is 9.60 Å². The van der Waals surface area contributed by atoms with Gasteiger partial charge in [0.15, 0.2) is 5.84 Å². The molecule has 1 fully saturated rings. The van der Waals surface area contributed by atoms with Crippen molar-refractivity contribution in [3.05, 3.63) is 53.3 Å². The average molecular weight is 335 g/mol. The molecule has 0 bridgehead atoms. The van der Waals surface area contributed by atoms with Crippen molar-refractivity contribution in [3.8, 4) is 17.2 Å². The van der Waals surface area contributed by atoms with Gasteiger partial charge < -0.3 is 10.5 Å². The monoisotopic (exact) mass is 335 g/mol. The minimum atomic E-state index is -0.419. The summed E-state index contributed by atoms with van der Waals surface area (Å²) >= 11 is 0. The molecule has 1 aliphatic carbocycles. The maximum Gasteiger partial charge on any atom is 0.156 e. The van der Waals surface area contributed by atoms with Crippen LogP contribution < -0.4 is 5.32 Å². The summed E-state index contributed by atoms with van der Waals surface area (Å²) in [5.41, 5.74) is 3.60. The molecule has 1 saturated carbocycles. The Balaban J connectivity index is 1.85. The third-order valence-corrected chi connectivity index (χ3v) is 5.41. The largest absolute Gasteiger partial charge is 0.409 e. The standard InChI is InChI=1S/C20H18FN3O/c21-16-9-13(12-22)8-15(10-16)14-4-5-18-17(11-14)20(19(23-18)24-25)6-2-1-3-7-20/h4-5,8-11,25H,1-3,6-7H2,(H,23,24). The molecule has 2 aliphatic rings. The molecule has 0 unspecified atom stereocenters. The molecule has 2 N–H and O–H groups in total. The highest BCUT2D eigenvalue weighted by Crippen LogP contribution is 2.49. The topological polar surface area (TPSA) is 68.4 Å². The number of nitrogens with zero attached hydrogens (tertiary/aromatic N) is 2. The molecule has 4 rings (SSSR count). The van der Waals surface area contributed by atoms with E-state index in [0.29, 0.717) is 17.0 Å². The van der Waals surface area contributed by atoms with Crippen LogP contribution in [-0.4, -0.2) is 11.0 Å². The van der Waals surface area contributed by atoms with Crippen LogP contribution in [0.3, 0.4) is 0 Å². The highest BCUT2D eigenvalue weighted by atomic mass is 19.1. The number of hydrogen-bond donors (Lipinski definition) is 2. The first-order valence-corrected chi connectivity index (χ1v) is 8.51. The zero-order valence-electron chi connectivity index (χ0n) is 13.7. The van der Waals surface area contributed by atoms with E-state index in [0.717, 1.165) is 42.5 Å². The van der Waals surface area contributed by atoms with Crippen LogP contribution in [0.15, 0.2) is 41.6 Å². The first-order chi connectivity index (χ1) is 12.2. The molecule has 1 spiro atoms. The minimum absolute atomic E-state index is 0.288. The van der Waals surface area contributed by atoms with Crippen LogP contribution in [0, 0.1) is 17.1 Å². The summed E-state index contributed by atoms with van der Waals surface area (Å²) in [4.78, 5) is 0. The molecule has 2 aromatic rings. The second kappa shape index (κ2) is 5.89. The lowest BCUT2D eigenvalue weighted by atomic mass is 9.69. The highest BCUT2D eigenvalue weighted by Gasteiger charge is 2.45. The number of benzene rings is 2. The number of anilines is 1. The van der Waals surface area contributed by atoms with Gasteiger partial charge in [-0.25, -0.2) is 4.39 Å². The van der Waals surface area contributed by atoms with E-state index in [1.807, 2.05) is 24.3 Å². The summed E-state index contributed by atoms with van der Waals surface area (Å²) in [7, 11) is 0. The molecule has 0 aromatic heterocycles. The number of hydrogen-bond acceptors (Lipinski definition) is 3. The molecule has 0 radical (unpaired) electrons. The van der Waals surface area contributed by atoms with Gasteiger partial charge in [0.05, 0.1) is 17.0 Å². The lowest BCUT2D eigenvalue weighted by molar-refractivity contribution is 0.304. The first-order valence-electron chi connectivity index (χ1n) is 8.51. The molecule has 0 saturated heterocycles. The van der Waals surface area contributed by atoms with Crippen LogP contribution in [0.25, 0.3) is 11.1 Å². The van der Waals surface area contributed by atoms with Gasteiger partial charge in [-0.3, -0.25) is 0 Å². The summed E-state index contributed by atoms with van der Waals surface area (Å²) in [6, 6.07) is 12.3. The Bertz CT molecular complexity index is 908. The molecule has 4 nitrogen and oxygen atoms in total. The number of rotatable bonds is 1. The van der Waals surface area contributed by atoms with Crippen LogP contribution in [0.4, 0.5) is 10.1 Å². The number of oxime groups is 1. The predicted molar refractivity (Wildman–Crippen MR) is 94.2 cm³/mol. The number of nitriles is 1. The van der Waals surface area contributed by atoms with Gasteiger partial charge in [0.2, 0.25) is 0 Å². The van der Waals surface area contributed by atoms with Crippen LogP contribution in [0.1, 0.15) is 43.2 Å². The van der Waals surface area contributed by atoms with Gasteiger partial charge in [0, 0.05) is 5.69 Å². The van der Waals surface area contributed by atoms with Crippen molar-refractivity contribution in [2.24, 2.45) is 5.16 Å². The summed E-state index contributed by atoms with van der Waals surface area (Å²) in [6.45, 7) is 0. The fourth-order valence-electron chi connectivity index (χ4n) is 4.21. The van der Waals surface area contributed by atoms with E-state index in [4.69, 9.17) is 5.26 Å². The van der Waals surface area contributed by atoms with Crippen LogP contribution in [0.2, 0.25) is 0 Å². The molecular formula is C20H18FN3O. The molecule has 5 heteroatoms. The zero-order valence-corrected chi connectivity index (χ0v) is 13.7. The molecule has 25 heavy (non-hydrogen) atoms. The third kappa shape index (κ3) is 2.45. The van der Waals surface area contributed by atoms with E-state index in [-0.39, 0.29) is 5.41 Å². The quantitative estimate of drug-likeness (QED) is 0.582. The summed E-state index contributed by atoms with van der Waals surface area (Å²) in [5.74, 6) is 0.189. The summed E-state index contributed by atoms with van der Waals surface area (Å²) in [6.07, 6.45) is 5.22. The maximum atomic E-state index is 13.8. The fraction of sp³-hybridized carbons (Fsp3) is 0.300. The van der Waals surface area contributed by atoms with Gasteiger partial charge in [0.1, 0.15) is 5.82 Å². The second-order valence-corrected chi connectivity index (χ2v) is 6.82. The van der Waals surface area contributed by atoms with Gasteiger partial charge in [0.25, 0.3) is 0 Å². The Morgan fingerprint density at radius 3 is 2.60 bits per heavy atom. The molecule has 1 heterocycles. The van der Waals surface area contributed by atoms with Crippen molar-refractivity contribution in [1.29, 1.82) is 5.26 Å². The molecule has 126 valence electrons. The number of halogens is 1. The lowest BCUT2D eigenvalue weighted by Gasteiger charge is -2.33. The van der Waals surface area contributed by atoms with Crippen LogP contribution in [0.5, 0.6) is 0 Å². The van der Waals surface area contributed by atoms with Crippen molar-refractivity contribution in [2.45, 2.75) is 37.5 Å². The lowest BCUT2D eigenvalue weighted by Crippen LogP contribution is -2.36. The summed E-state index contributed by atoms with van der Waals surface area (Å²) < 4.78 is 13.8. The van der Waals surface area contributed by atoms with Gasteiger partial charge in [-0.2, -0.15) is 5.26 Å². The third-order valence-electron chi connectivity index (χ3n) is 5.41. The Morgan fingerprint density at radius 2 is 1.88 bits per heavy atom. The van der Waals surface area contributed by atoms with Gasteiger partial charge in [-0.05, 0) is 59.9 Å². The van der Waals surface area contributed by atoms with E-state index in [2.05, 4.69) is 10.5 Å². The van der Waals surface area contributed by atoms with E-state index in [1.165, 1.54) is 18.6 Å². The normalized spacial score (nSPS) is 19.4. The first kappa shape index (κ1) is 15.6. The SMILES string of the molecule is N#Cc1cc(F)cc(-c2ccc3c(c2)C2(CCCCC2)C(=NO)N3)c1. The average Bonchev–Trinajstić information content (AvgIpc) is 2.94. The van der Waals surface area contributed by atoms with Gasteiger partial charge in [-0.1, -0.05) is 30.5 Å². The van der Waals surface area contributed by atoms with Crippen LogP contribution >= 0.6 is 0 Å². The van der Waals surface area contributed by atoms with Crippen molar-refractivity contribution < 1.29 is 9.60 Å². The molecular weight excluding hydrogens is 317 g/mol. The van der Waals surface area contributed by atoms with Crippen molar-refractivity contribution in [3.63, 3.8) is 0 Å². The molecule has 2 aromatic carbocycles. The Kier molecular flexibility index (Phi) is 3.69. The van der Waals surface area contributed by atoms with E-state index < -0.39 is 5.82 Å². The van der Waals surface area contributed by atoms with E-state index in [1.54, 1.807) is 6.07 Å². The smallest absolute Gasteiger partial charge is 0.156 e. The van der Waals surface area contributed by atoms with Gasteiger partial charge in [-0.15, -0.1) is 0 Å². The number of amidine groups is 1. The maximum absolute atomic E-state index is 13.8. The van der Waals surface area contributed by atoms with Crippen molar-refractivity contribution in [2.75, 3.05) is 5.32 Å². The molecule has 1 aliphatic heterocycles. The number of nitrogens with one attached hydrogen (secondary N) is 1. The molecule has 0 amide bonds. The fourth-order valence-corrected chi connectivity index (χ4v) is 4.21. The zero-order chi connectivity index (χ0) is 17.4. The highest BCUT2D eigenvalue weighted by molar-refractivity contribution is 6.10. The minimum Gasteiger partial charge on any atom is -0.409 e. The molecule has 0 atom stereocenters. The van der Waals surface area contributed by atoms with Gasteiger partial charge >= 0.3 is 0 Å². The number of fused-ring (bicyclic) bond motifs is 2. The van der Waals surface area contributed by atoms with Crippen LogP contribution in [-0.2, 0) is 5.41 Å². The van der Waals surface area contributed by atoms with Crippen molar-refractivity contribution in [1.82, 2.24) is 0 Å².